The first-order valence-corrected chi connectivity index (χ1v) is 14.8. The van der Waals surface area contributed by atoms with Gasteiger partial charge in [-0.05, 0) is 104 Å². The van der Waals surface area contributed by atoms with Crippen LogP contribution in [0.1, 0.15) is 22.5 Å². The van der Waals surface area contributed by atoms with Crippen LogP contribution in [-0.4, -0.2) is 40.2 Å². The van der Waals surface area contributed by atoms with Crippen LogP contribution in [0.3, 0.4) is 0 Å². The molecule has 5 rings (SSSR count). The van der Waals surface area contributed by atoms with E-state index in [1.165, 1.54) is 0 Å². The van der Waals surface area contributed by atoms with Crippen molar-refractivity contribution in [3.63, 3.8) is 0 Å². The molecule has 8 nitrogen and oxygen atoms in total. The number of nitrogens with zero attached hydrogens (tertiary/aromatic N) is 2. The van der Waals surface area contributed by atoms with Gasteiger partial charge < -0.3 is 19.4 Å². The molecule has 1 aliphatic heterocycles. The second kappa shape index (κ2) is 13.0. The maximum absolute atomic E-state index is 13.1. The molecule has 3 amide bonds. The van der Waals surface area contributed by atoms with E-state index in [0.29, 0.717) is 33.8 Å². The van der Waals surface area contributed by atoms with Crippen molar-refractivity contribution in [1.82, 2.24) is 9.47 Å². The Morgan fingerprint density at radius 3 is 2.33 bits per heavy atom. The van der Waals surface area contributed by atoms with Crippen molar-refractivity contribution in [2.24, 2.45) is 0 Å². The molecule has 4 aromatic rings. The van der Waals surface area contributed by atoms with Crippen molar-refractivity contribution < 1.29 is 23.9 Å². The topological polar surface area (TPSA) is 89.9 Å². The van der Waals surface area contributed by atoms with Crippen LogP contribution in [0.2, 0.25) is 10.0 Å². The van der Waals surface area contributed by atoms with Gasteiger partial charge >= 0.3 is 0 Å². The molecule has 1 aliphatic rings. The number of ether oxygens (including phenoxy) is 2. The van der Waals surface area contributed by atoms with E-state index in [0.717, 1.165) is 44.9 Å². The van der Waals surface area contributed by atoms with Crippen LogP contribution < -0.4 is 14.8 Å². The first-order valence-electron chi connectivity index (χ1n) is 13.2. The molecule has 1 aromatic heterocycles. The van der Waals surface area contributed by atoms with E-state index in [9.17, 15) is 14.4 Å². The number of carbonyl (C=O) groups excluding carboxylic acids is 3. The highest BCUT2D eigenvalue weighted by Crippen LogP contribution is 2.34. The van der Waals surface area contributed by atoms with Crippen LogP contribution in [0.25, 0.3) is 11.8 Å². The third kappa shape index (κ3) is 6.91. The molecule has 2 heterocycles. The van der Waals surface area contributed by atoms with Gasteiger partial charge in [0.1, 0.15) is 24.7 Å². The Hall–Kier alpha value is -4.18. The normalized spacial score (nSPS) is 14.0. The number of halogens is 2. The van der Waals surface area contributed by atoms with Gasteiger partial charge in [-0.3, -0.25) is 19.3 Å². The maximum atomic E-state index is 13.1. The number of amides is 3. The lowest BCUT2D eigenvalue weighted by Crippen LogP contribution is -2.36. The van der Waals surface area contributed by atoms with Gasteiger partial charge in [-0.2, -0.15) is 0 Å². The first-order chi connectivity index (χ1) is 20.6. The number of hydrogen-bond acceptors (Lipinski definition) is 6. The molecule has 11 heteroatoms. The summed E-state index contributed by atoms with van der Waals surface area (Å²) < 4.78 is 13.1. The van der Waals surface area contributed by atoms with E-state index in [-0.39, 0.29) is 11.4 Å². The molecule has 1 N–H and O–H groups in total. The molecular weight excluding hydrogens is 609 g/mol. The van der Waals surface area contributed by atoms with E-state index in [2.05, 4.69) is 9.88 Å². The van der Waals surface area contributed by atoms with E-state index in [4.69, 9.17) is 32.7 Å². The zero-order chi connectivity index (χ0) is 30.7. The van der Waals surface area contributed by atoms with E-state index in [1.807, 2.05) is 50.2 Å². The molecule has 0 spiro atoms. The Morgan fingerprint density at radius 2 is 1.65 bits per heavy atom. The van der Waals surface area contributed by atoms with Gasteiger partial charge in [0.2, 0.25) is 5.91 Å². The van der Waals surface area contributed by atoms with E-state index in [1.54, 1.807) is 49.6 Å². The number of carbonyl (C=O) groups is 3. The lowest BCUT2D eigenvalue weighted by molar-refractivity contribution is -0.127. The number of rotatable bonds is 9. The number of thioether (sulfide) groups is 1. The van der Waals surface area contributed by atoms with Crippen LogP contribution in [-0.2, 0) is 16.2 Å². The Kier molecular flexibility index (Phi) is 9.15. The fourth-order valence-electron chi connectivity index (χ4n) is 4.62. The minimum atomic E-state index is -0.507. The highest BCUT2D eigenvalue weighted by Gasteiger charge is 2.36. The van der Waals surface area contributed by atoms with E-state index >= 15 is 0 Å². The number of methoxy groups -OCH3 is 1. The summed E-state index contributed by atoms with van der Waals surface area (Å²) in [4.78, 5) is 39.5. The number of aromatic nitrogens is 1. The lowest BCUT2D eigenvalue weighted by atomic mass is 10.2. The lowest BCUT2D eigenvalue weighted by Gasteiger charge is -2.13. The predicted octanol–water partition coefficient (Wildman–Crippen LogP) is 7.66. The molecule has 0 saturated carbocycles. The van der Waals surface area contributed by atoms with E-state index < -0.39 is 17.1 Å². The van der Waals surface area contributed by atoms with Gasteiger partial charge in [-0.25, -0.2) is 0 Å². The summed E-state index contributed by atoms with van der Waals surface area (Å²) in [6, 6.07) is 21.6. The van der Waals surface area contributed by atoms with Gasteiger partial charge in [0, 0.05) is 38.4 Å². The smallest absolute Gasteiger partial charge is 0.294 e. The minimum Gasteiger partial charge on any atom is -0.497 e. The number of hydrogen-bond donors (Lipinski definition) is 1. The Balaban J connectivity index is 1.26. The molecule has 0 unspecified atom stereocenters. The van der Waals surface area contributed by atoms with Crippen molar-refractivity contribution in [1.29, 1.82) is 0 Å². The third-order valence-electron chi connectivity index (χ3n) is 6.81. The van der Waals surface area contributed by atoms with Gasteiger partial charge in [-0.1, -0.05) is 29.3 Å². The Bertz CT molecular complexity index is 1730. The van der Waals surface area contributed by atoms with Gasteiger partial charge in [0.25, 0.3) is 11.1 Å². The summed E-state index contributed by atoms with van der Waals surface area (Å²) in [5.41, 5.74) is 4.91. The van der Waals surface area contributed by atoms with Crippen molar-refractivity contribution in [2.75, 3.05) is 19.0 Å². The largest absolute Gasteiger partial charge is 0.497 e. The molecule has 0 atom stereocenters. The molecule has 1 saturated heterocycles. The maximum Gasteiger partial charge on any atom is 0.294 e. The summed E-state index contributed by atoms with van der Waals surface area (Å²) in [6.45, 7) is 3.83. The second-order valence-electron chi connectivity index (χ2n) is 9.72. The van der Waals surface area contributed by atoms with Crippen LogP contribution in [0.5, 0.6) is 11.5 Å². The van der Waals surface area contributed by atoms with Crippen LogP contribution in [0.15, 0.2) is 77.7 Å². The highest BCUT2D eigenvalue weighted by molar-refractivity contribution is 8.18. The zero-order valence-corrected chi connectivity index (χ0v) is 25.8. The number of imide groups is 1. The molecule has 0 radical (unpaired) electrons. The summed E-state index contributed by atoms with van der Waals surface area (Å²) in [5.74, 6) is 0.347. The molecule has 0 aliphatic carbocycles. The standard InChI is InChI=1S/C32H27Cl2N3O5S/c1-19-14-22(15-29-31(39)36(32(40)43-29)17-30(38)35-24-6-10-26(41-3)11-7-24)20(2)37(19)25-8-12-27(13-9-25)42-18-21-4-5-23(33)16-28(21)34/h4-16H,17-18H2,1-3H3,(H,35,38)/b29-15+. The van der Waals surface area contributed by atoms with Crippen LogP contribution >= 0.6 is 35.0 Å². The van der Waals surface area contributed by atoms with Crippen LogP contribution in [0.4, 0.5) is 10.5 Å². The monoisotopic (exact) mass is 635 g/mol. The Labute approximate surface area is 263 Å². The van der Waals surface area contributed by atoms with Crippen LogP contribution in [0, 0.1) is 13.8 Å². The molecule has 1 fully saturated rings. The quantitative estimate of drug-likeness (QED) is 0.190. The SMILES string of the molecule is COc1ccc(NC(=O)CN2C(=O)S/C(=C/c3cc(C)n(-c4ccc(OCc5ccc(Cl)cc5Cl)cc4)c3C)C2=O)cc1. The van der Waals surface area contributed by atoms with Gasteiger partial charge in [-0.15, -0.1) is 0 Å². The number of benzene rings is 3. The van der Waals surface area contributed by atoms with Gasteiger partial charge in [0.05, 0.1) is 12.0 Å². The fourth-order valence-corrected chi connectivity index (χ4v) is 5.91. The number of anilines is 1. The average molecular weight is 637 g/mol. The summed E-state index contributed by atoms with van der Waals surface area (Å²) in [7, 11) is 1.55. The molecule has 0 bridgehead atoms. The van der Waals surface area contributed by atoms with Gasteiger partial charge in [0.15, 0.2) is 0 Å². The summed E-state index contributed by atoms with van der Waals surface area (Å²) >= 11 is 13.0. The number of nitrogens with one attached hydrogen (secondary N) is 1. The molecule has 3 aromatic carbocycles. The molecule has 220 valence electrons. The van der Waals surface area contributed by atoms with Crippen molar-refractivity contribution in [2.45, 2.75) is 20.5 Å². The minimum absolute atomic E-state index is 0.257. The molecule has 43 heavy (non-hydrogen) atoms. The van der Waals surface area contributed by atoms with Crippen molar-refractivity contribution in [3.8, 4) is 17.2 Å². The zero-order valence-electron chi connectivity index (χ0n) is 23.5. The summed E-state index contributed by atoms with van der Waals surface area (Å²) in [6.07, 6.45) is 1.69. The number of aryl methyl sites for hydroxylation is 1. The van der Waals surface area contributed by atoms with Crippen molar-refractivity contribution >= 4 is 63.8 Å². The summed E-state index contributed by atoms with van der Waals surface area (Å²) in [5, 5.41) is 3.32. The Morgan fingerprint density at radius 1 is 0.953 bits per heavy atom. The second-order valence-corrected chi connectivity index (χ2v) is 11.6. The fraction of sp³-hybridized carbons (Fsp3) is 0.156. The van der Waals surface area contributed by atoms with Crippen molar-refractivity contribution in [3.05, 3.63) is 110 Å². The highest BCUT2D eigenvalue weighted by atomic mass is 35.5. The third-order valence-corrected chi connectivity index (χ3v) is 8.30. The average Bonchev–Trinajstić information content (AvgIpc) is 3.41. The predicted molar refractivity (Wildman–Crippen MR) is 170 cm³/mol. The first kappa shape index (κ1) is 30.3. The molecular formula is C32H27Cl2N3O5S.